The van der Waals surface area contributed by atoms with E-state index in [1.165, 1.54) is 11.6 Å². The van der Waals surface area contributed by atoms with E-state index in [0.29, 0.717) is 17.9 Å². The second kappa shape index (κ2) is 9.17. The maximum absolute atomic E-state index is 12.1. The van der Waals surface area contributed by atoms with Crippen molar-refractivity contribution in [3.63, 3.8) is 0 Å². The molecule has 27 heavy (non-hydrogen) atoms. The molecule has 0 aromatic heterocycles. The molecule has 1 amide bonds. The topological polar surface area (TPSA) is 55.4 Å². The Labute approximate surface area is 161 Å². The first-order valence-corrected chi connectivity index (χ1v) is 9.16. The standard InChI is InChI=1S/C23H27NO3/c1-5-16-27-22(26)18-9-13-20(14-10-18)24-21(25)15-8-17-6-11-19(12-7-17)23(2,3)4/h6-15H,5,16H2,1-4H3,(H,24,25)/b15-8+. The van der Waals surface area contributed by atoms with E-state index in [0.717, 1.165) is 12.0 Å². The van der Waals surface area contributed by atoms with Crippen molar-refractivity contribution in [3.05, 3.63) is 71.3 Å². The highest BCUT2D eigenvalue weighted by molar-refractivity contribution is 6.02. The van der Waals surface area contributed by atoms with E-state index in [-0.39, 0.29) is 17.3 Å². The highest BCUT2D eigenvalue weighted by Crippen LogP contribution is 2.22. The lowest BCUT2D eigenvalue weighted by atomic mass is 9.87. The summed E-state index contributed by atoms with van der Waals surface area (Å²) in [7, 11) is 0. The third-order valence-electron chi connectivity index (χ3n) is 4.03. The minimum absolute atomic E-state index is 0.106. The van der Waals surface area contributed by atoms with Gasteiger partial charge in [0.15, 0.2) is 0 Å². The zero-order valence-electron chi connectivity index (χ0n) is 16.4. The molecule has 142 valence electrons. The van der Waals surface area contributed by atoms with Crippen LogP contribution in [-0.4, -0.2) is 18.5 Å². The fourth-order valence-corrected chi connectivity index (χ4v) is 2.42. The minimum Gasteiger partial charge on any atom is -0.462 e. The van der Waals surface area contributed by atoms with Gasteiger partial charge in [0, 0.05) is 11.8 Å². The van der Waals surface area contributed by atoms with Crippen molar-refractivity contribution >= 4 is 23.6 Å². The van der Waals surface area contributed by atoms with Gasteiger partial charge in [-0.25, -0.2) is 4.79 Å². The van der Waals surface area contributed by atoms with Gasteiger partial charge in [0.05, 0.1) is 12.2 Å². The second-order valence-electron chi connectivity index (χ2n) is 7.41. The molecule has 0 bridgehead atoms. The second-order valence-corrected chi connectivity index (χ2v) is 7.41. The van der Waals surface area contributed by atoms with Gasteiger partial charge >= 0.3 is 5.97 Å². The number of amides is 1. The van der Waals surface area contributed by atoms with E-state index in [1.54, 1.807) is 30.3 Å². The van der Waals surface area contributed by atoms with Crippen LogP contribution in [0, 0.1) is 0 Å². The van der Waals surface area contributed by atoms with Gasteiger partial charge in [0.2, 0.25) is 5.91 Å². The molecule has 0 radical (unpaired) electrons. The Morgan fingerprint density at radius 1 is 1.00 bits per heavy atom. The highest BCUT2D eigenvalue weighted by Gasteiger charge is 2.12. The fourth-order valence-electron chi connectivity index (χ4n) is 2.42. The molecule has 0 unspecified atom stereocenters. The predicted molar refractivity (Wildman–Crippen MR) is 110 cm³/mol. The number of hydrogen-bond acceptors (Lipinski definition) is 3. The van der Waals surface area contributed by atoms with Crippen LogP contribution in [0.3, 0.4) is 0 Å². The molecule has 0 aliphatic carbocycles. The molecule has 2 aromatic carbocycles. The van der Waals surface area contributed by atoms with Gasteiger partial charge in [-0.15, -0.1) is 0 Å². The van der Waals surface area contributed by atoms with E-state index in [4.69, 9.17) is 4.74 Å². The number of rotatable bonds is 6. The van der Waals surface area contributed by atoms with Crippen molar-refractivity contribution in [2.75, 3.05) is 11.9 Å². The molecule has 0 heterocycles. The van der Waals surface area contributed by atoms with Gasteiger partial charge in [-0.3, -0.25) is 4.79 Å². The molecular weight excluding hydrogens is 338 g/mol. The number of benzene rings is 2. The summed E-state index contributed by atoms with van der Waals surface area (Å²) in [5, 5.41) is 2.78. The summed E-state index contributed by atoms with van der Waals surface area (Å²) in [6, 6.07) is 14.8. The Bertz CT molecular complexity index is 797. The zero-order chi connectivity index (χ0) is 19.9. The van der Waals surface area contributed by atoms with Crippen molar-refractivity contribution in [1.82, 2.24) is 0 Å². The van der Waals surface area contributed by atoms with Crippen LogP contribution in [0.4, 0.5) is 5.69 Å². The van der Waals surface area contributed by atoms with Crippen molar-refractivity contribution < 1.29 is 14.3 Å². The molecule has 1 N–H and O–H groups in total. The van der Waals surface area contributed by atoms with Crippen molar-refractivity contribution in [1.29, 1.82) is 0 Å². The molecule has 0 spiro atoms. The van der Waals surface area contributed by atoms with Gasteiger partial charge in [-0.1, -0.05) is 52.0 Å². The fraction of sp³-hybridized carbons (Fsp3) is 0.304. The van der Waals surface area contributed by atoms with Crippen molar-refractivity contribution in [2.45, 2.75) is 39.5 Å². The Balaban J connectivity index is 1.93. The first-order valence-electron chi connectivity index (χ1n) is 9.16. The molecule has 2 rings (SSSR count). The summed E-state index contributed by atoms with van der Waals surface area (Å²) in [5.41, 5.74) is 3.42. The largest absolute Gasteiger partial charge is 0.462 e. The van der Waals surface area contributed by atoms with Gasteiger partial charge in [0.25, 0.3) is 0 Å². The van der Waals surface area contributed by atoms with Crippen LogP contribution >= 0.6 is 0 Å². The maximum Gasteiger partial charge on any atom is 0.338 e. The van der Waals surface area contributed by atoms with Crippen LogP contribution in [0.2, 0.25) is 0 Å². The lowest BCUT2D eigenvalue weighted by Crippen LogP contribution is -2.10. The number of anilines is 1. The van der Waals surface area contributed by atoms with E-state index < -0.39 is 0 Å². The number of hydrogen-bond donors (Lipinski definition) is 1. The smallest absolute Gasteiger partial charge is 0.338 e. The molecule has 2 aromatic rings. The normalized spacial score (nSPS) is 11.4. The Kier molecular flexibility index (Phi) is 6.94. The lowest BCUT2D eigenvalue weighted by molar-refractivity contribution is -0.111. The summed E-state index contributed by atoms with van der Waals surface area (Å²) in [6.07, 6.45) is 4.05. The molecule has 0 aliphatic rings. The van der Waals surface area contributed by atoms with Gasteiger partial charge < -0.3 is 10.1 Å². The molecule has 0 fully saturated rings. The molecule has 0 saturated heterocycles. The SMILES string of the molecule is CCCOC(=O)c1ccc(NC(=O)/C=C/c2ccc(C(C)(C)C)cc2)cc1. The average molecular weight is 365 g/mol. The Morgan fingerprint density at radius 2 is 1.63 bits per heavy atom. The van der Waals surface area contributed by atoms with Crippen LogP contribution < -0.4 is 5.32 Å². The lowest BCUT2D eigenvalue weighted by Gasteiger charge is -2.18. The third-order valence-corrected chi connectivity index (χ3v) is 4.03. The van der Waals surface area contributed by atoms with Gasteiger partial charge in [0.1, 0.15) is 0 Å². The zero-order valence-corrected chi connectivity index (χ0v) is 16.4. The Morgan fingerprint density at radius 3 is 2.19 bits per heavy atom. The average Bonchev–Trinajstić information content (AvgIpc) is 2.64. The number of esters is 1. The van der Waals surface area contributed by atoms with Crippen LogP contribution in [0.15, 0.2) is 54.6 Å². The first kappa shape index (κ1) is 20.4. The number of carbonyl (C=O) groups excluding carboxylic acids is 2. The first-order chi connectivity index (χ1) is 12.8. The molecule has 0 saturated carbocycles. The van der Waals surface area contributed by atoms with E-state index in [9.17, 15) is 9.59 Å². The van der Waals surface area contributed by atoms with E-state index in [2.05, 4.69) is 38.2 Å². The molecule has 0 atom stereocenters. The maximum atomic E-state index is 12.1. The molecule has 0 aliphatic heterocycles. The Hall–Kier alpha value is -2.88. The van der Waals surface area contributed by atoms with Crippen molar-refractivity contribution in [3.8, 4) is 0 Å². The molecular formula is C23H27NO3. The summed E-state index contributed by atoms with van der Waals surface area (Å²) < 4.78 is 5.08. The van der Waals surface area contributed by atoms with Crippen molar-refractivity contribution in [2.24, 2.45) is 0 Å². The quantitative estimate of drug-likeness (QED) is 0.565. The number of ether oxygens (including phenoxy) is 1. The minimum atomic E-state index is -0.353. The predicted octanol–water partition coefficient (Wildman–Crippen LogP) is 5.20. The van der Waals surface area contributed by atoms with Gasteiger partial charge in [-0.2, -0.15) is 0 Å². The summed E-state index contributed by atoms with van der Waals surface area (Å²) in [4.78, 5) is 23.8. The van der Waals surface area contributed by atoms with Crippen LogP contribution in [0.5, 0.6) is 0 Å². The monoisotopic (exact) mass is 365 g/mol. The van der Waals surface area contributed by atoms with Crippen LogP contribution in [-0.2, 0) is 14.9 Å². The molecule has 4 nitrogen and oxygen atoms in total. The third kappa shape index (κ3) is 6.41. The van der Waals surface area contributed by atoms with E-state index in [1.807, 2.05) is 19.1 Å². The summed E-state index contributed by atoms with van der Waals surface area (Å²) in [6.45, 7) is 8.84. The summed E-state index contributed by atoms with van der Waals surface area (Å²) >= 11 is 0. The number of carbonyl (C=O) groups is 2. The van der Waals surface area contributed by atoms with Crippen LogP contribution in [0.25, 0.3) is 6.08 Å². The van der Waals surface area contributed by atoms with E-state index >= 15 is 0 Å². The van der Waals surface area contributed by atoms with Crippen LogP contribution in [0.1, 0.15) is 55.6 Å². The molecule has 4 heteroatoms. The highest BCUT2D eigenvalue weighted by atomic mass is 16.5. The summed E-state index contributed by atoms with van der Waals surface area (Å²) in [5.74, 6) is -0.579. The van der Waals surface area contributed by atoms with Gasteiger partial charge in [-0.05, 0) is 53.3 Å². The number of nitrogens with one attached hydrogen (secondary N) is 1.